The lowest BCUT2D eigenvalue weighted by Crippen LogP contribution is -2.49. The highest BCUT2D eigenvalue weighted by atomic mass is 35.5. The van der Waals surface area contributed by atoms with Crippen LogP contribution in [-0.2, 0) is 16.1 Å². The third-order valence-electron chi connectivity index (χ3n) is 5.67. The van der Waals surface area contributed by atoms with E-state index in [1.165, 1.54) is 0 Å². The van der Waals surface area contributed by atoms with Gasteiger partial charge in [-0.25, -0.2) is 4.79 Å². The zero-order valence-corrected chi connectivity index (χ0v) is 19.2. The van der Waals surface area contributed by atoms with Gasteiger partial charge in [0, 0.05) is 49.7 Å². The molecule has 4 rings (SSSR count). The van der Waals surface area contributed by atoms with Crippen molar-refractivity contribution in [2.45, 2.75) is 19.3 Å². The number of halogens is 1. The van der Waals surface area contributed by atoms with Gasteiger partial charge < -0.3 is 19.7 Å². The molecule has 1 unspecified atom stereocenters. The van der Waals surface area contributed by atoms with E-state index in [0.29, 0.717) is 61.8 Å². The summed E-state index contributed by atoms with van der Waals surface area (Å²) in [5, 5.41) is 3.67. The molecule has 0 saturated carbocycles. The quantitative estimate of drug-likeness (QED) is 0.385. The summed E-state index contributed by atoms with van der Waals surface area (Å²) in [6.45, 7) is 3.27. The molecule has 2 aromatic carbocycles. The summed E-state index contributed by atoms with van der Waals surface area (Å²) in [6.07, 6.45) is -0.0670. The highest BCUT2D eigenvalue weighted by Gasteiger charge is 2.24. The minimum Gasteiger partial charge on any atom is -0.457 e. The van der Waals surface area contributed by atoms with Gasteiger partial charge in [0.1, 0.15) is 12.4 Å². The van der Waals surface area contributed by atoms with E-state index >= 15 is 0 Å². The van der Waals surface area contributed by atoms with Gasteiger partial charge in [-0.1, -0.05) is 23.7 Å². The number of nitrogens with zero attached hydrogens (tertiary/aromatic N) is 2. The summed E-state index contributed by atoms with van der Waals surface area (Å²) in [7, 11) is 0. The second kappa shape index (κ2) is 11.1. The van der Waals surface area contributed by atoms with Crippen LogP contribution in [0.25, 0.3) is 0 Å². The number of nitrogens with one attached hydrogen (secondary N) is 1. The number of amides is 1. The first-order chi connectivity index (χ1) is 16.5. The largest absolute Gasteiger partial charge is 0.457 e. The average molecular weight is 482 g/mol. The summed E-state index contributed by atoms with van der Waals surface area (Å²) < 4.78 is 11.0. The molecule has 1 N–H and O–H groups in total. The molecule has 0 spiro atoms. The molecule has 0 aliphatic carbocycles. The smallest absolute Gasteiger partial charge is 0.410 e. The molecule has 0 radical (unpaired) electrons. The molecule has 34 heavy (non-hydrogen) atoms. The van der Waals surface area contributed by atoms with Crippen molar-refractivity contribution in [2.24, 2.45) is 0 Å². The summed E-state index contributed by atoms with van der Waals surface area (Å²) in [6, 6.07) is 12.4. The molecule has 176 valence electrons. The number of carbonyl (C=O) groups excluding carboxylic acids is 3. The van der Waals surface area contributed by atoms with E-state index in [1.54, 1.807) is 35.2 Å². The predicted molar refractivity (Wildman–Crippen MR) is 127 cm³/mol. The minimum absolute atomic E-state index is 0.0126. The molecular formula is C25H24ClN3O5. The maximum absolute atomic E-state index is 12.7. The summed E-state index contributed by atoms with van der Waals surface area (Å²) in [5.41, 5.74) is 2.18. The van der Waals surface area contributed by atoms with Crippen molar-refractivity contribution in [2.75, 3.05) is 38.0 Å². The van der Waals surface area contributed by atoms with Crippen LogP contribution in [0, 0.1) is 11.8 Å². The Labute approximate surface area is 202 Å². The first-order valence-electron chi connectivity index (χ1n) is 11.0. The van der Waals surface area contributed by atoms with Crippen molar-refractivity contribution < 1.29 is 23.9 Å². The maximum Gasteiger partial charge on any atom is 0.410 e. The predicted octanol–water partition coefficient (Wildman–Crippen LogP) is 3.20. The van der Waals surface area contributed by atoms with Gasteiger partial charge in [0.15, 0.2) is 12.1 Å². The molecule has 1 amide bonds. The molecule has 2 aromatic rings. The van der Waals surface area contributed by atoms with Crippen LogP contribution in [0.15, 0.2) is 42.5 Å². The fraction of sp³-hybridized carbons (Fsp3) is 0.320. The molecule has 2 heterocycles. The standard InChI is InChI=1S/C25H24ClN3O5/c26-20-6-3-18(4-7-20)17-33-25(32)29-13-11-28(12-14-29)10-9-22(31)19-5-8-21-23(16-19)34-24(27-21)2-1-15-30/h3-8,15-16,24,27H,9-14,17H2. The molecule has 2 aliphatic rings. The number of rotatable bonds is 6. The highest BCUT2D eigenvalue weighted by Crippen LogP contribution is 2.32. The van der Waals surface area contributed by atoms with Gasteiger partial charge in [0.05, 0.1) is 5.69 Å². The number of hydrogen-bond donors (Lipinski definition) is 1. The van der Waals surface area contributed by atoms with Gasteiger partial charge in [-0.05, 0) is 47.7 Å². The lowest BCUT2D eigenvalue weighted by atomic mass is 10.1. The van der Waals surface area contributed by atoms with E-state index in [2.05, 4.69) is 22.1 Å². The highest BCUT2D eigenvalue weighted by molar-refractivity contribution is 6.30. The van der Waals surface area contributed by atoms with E-state index in [9.17, 15) is 14.4 Å². The van der Waals surface area contributed by atoms with Crippen LogP contribution in [0.5, 0.6) is 5.75 Å². The second-order valence-corrected chi connectivity index (χ2v) is 8.38. The lowest BCUT2D eigenvalue weighted by molar-refractivity contribution is -0.103. The fourth-order valence-electron chi connectivity index (χ4n) is 3.76. The zero-order chi connectivity index (χ0) is 23.9. The van der Waals surface area contributed by atoms with E-state index in [4.69, 9.17) is 21.1 Å². The number of piperazine rings is 1. The number of hydrogen-bond acceptors (Lipinski definition) is 7. The Bertz CT molecular complexity index is 1120. The van der Waals surface area contributed by atoms with Gasteiger partial charge in [-0.15, -0.1) is 0 Å². The normalized spacial score (nSPS) is 17.0. The second-order valence-electron chi connectivity index (χ2n) is 7.94. The van der Waals surface area contributed by atoms with E-state index in [1.807, 2.05) is 12.1 Å². The van der Waals surface area contributed by atoms with Gasteiger partial charge in [-0.3, -0.25) is 14.5 Å². The third-order valence-corrected chi connectivity index (χ3v) is 5.92. The minimum atomic E-state index is -0.597. The van der Waals surface area contributed by atoms with Crippen LogP contribution in [0.4, 0.5) is 10.5 Å². The maximum atomic E-state index is 12.7. The van der Waals surface area contributed by atoms with Crippen molar-refractivity contribution in [3.8, 4) is 17.6 Å². The molecule has 8 nitrogen and oxygen atoms in total. The Kier molecular flexibility index (Phi) is 7.68. The van der Waals surface area contributed by atoms with Crippen molar-refractivity contribution in [1.82, 2.24) is 9.80 Å². The molecule has 1 fully saturated rings. The molecule has 0 bridgehead atoms. The number of fused-ring (bicyclic) bond motifs is 1. The first kappa shape index (κ1) is 23.6. The number of carbonyl (C=O) groups is 3. The van der Waals surface area contributed by atoms with Crippen molar-refractivity contribution >= 4 is 35.5 Å². The molecule has 1 atom stereocenters. The van der Waals surface area contributed by atoms with Crippen LogP contribution < -0.4 is 10.1 Å². The first-order valence-corrected chi connectivity index (χ1v) is 11.3. The van der Waals surface area contributed by atoms with Crippen molar-refractivity contribution in [3.63, 3.8) is 0 Å². The average Bonchev–Trinajstić information content (AvgIpc) is 3.28. The van der Waals surface area contributed by atoms with Gasteiger partial charge >= 0.3 is 6.09 Å². The lowest BCUT2D eigenvalue weighted by Gasteiger charge is -2.33. The molecule has 2 aliphatic heterocycles. The van der Waals surface area contributed by atoms with Crippen LogP contribution in [-0.4, -0.2) is 66.9 Å². The SMILES string of the molecule is O=CC#CC1Nc2ccc(C(=O)CCN3CCN(C(=O)OCc4ccc(Cl)cc4)CC3)cc2O1. The fourth-order valence-corrected chi connectivity index (χ4v) is 3.89. The Morgan fingerprint density at radius 1 is 1.15 bits per heavy atom. The van der Waals surface area contributed by atoms with E-state index < -0.39 is 6.23 Å². The van der Waals surface area contributed by atoms with Gasteiger partial charge in [0.25, 0.3) is 0 Å². The molecule has 1 saturated heterocycles. The number of ketones is 1. The number of benzene rings is 2. The molecule has 9 heteroatoms. The van der Waals surface area contributed by atoms with Crippen LogP contribution in [0.2, 0.25) is 5.02 Å². The van der Waals surface area contributed by atoms with Crippen molar-refractivity contribution in [1.29, 1.82) is 0 Å². The zero-order valence-electron chi connectivity index (χ0n) is 18.5. The van der Waals surface area contributed by atoms with Crippen molar-refractivity contribution in [3.05, 3.63) is 58.6 Å². The van der Waals surface area contributed by atoms with E-state index in [0.717, 1.165) is 11.3 Å². The Balaban J connectivity index is 1.19. The number of anilines is 1. The topological polar surface area (TPSA) is 88.2 Å². The summed E-state index contributed by atoms with van der Waals surface area (Å²) in [4.78, 5) is 39.3. The van der Waals surface area contributed by atoms with Gasteiger partial charge in [-0.2, -0.15) is 0 Å². The number of aldehydes is 1. The Hall–Kier alpha value is -3.54. The van der Waals surface area contributed by atoms with Gasteiger partial charge in [0.2, 0.25) is 6.23 Å². The van der Waals surface area contributed by atoms with E-state index in [-0.39, 0.29) is 18.5 Å². The van der Waals surface area contributed by atoms with Crippen LogP contribution >= 0.6 is 11.6 Å². The monoisotopic (exact) mass is 481 g/mol. The number of Topliss-reactive ketones (excluding diaryl/α,β-unsaturated/α-hetero) is 1. The Morgan fingerprint density at radius 2 is 1.91 bits per heavy atom. The van der Waals surface area contributed by atoms with Crippen LogP contribution in [0.1, 0.15) is 22.3 Å². The Morgan fingerprint density at radius 3 is 2.65 bits per heavy atom. The summed E-state index contributed by atoms with van der Waals surface area (Å²) >= 11 is 5.87. The number of ether oxygens (including phenoxy) is 2. The third kappa shape index (κ3) is 6.07. The van der Waals surface area contributed by atoms with Crippen LogP contribution in [0.3, 0.4) is 0 Å². The molecular weight excluding hydrogens is 458 g/mol. The summed E-state index contributed by atoms with van der Waals surface area (Å²) in [5.74, 6) is 5.51. The molecule has 0 aromatic heterocycles.